The van der Waals surface area contributed by atoms with Crippen LogP contribution in [0.1, 0.15) is 26.2 Å². The van der Waals surface area contributed by atoms with Crippen molar-refractivity contribution < 1.29 is 4.79 Å². The van der Waals surface area contributed by atoms with E-state index < -0.39 is 0 Å². The Morgan fingerprint density at radius 2 is 2.12 bits per heavy atom. The number of hydrogen-bond donors (Lipinski definition) is 0. The lowest BCUT2D eigenvalue weighted by molar-refractivity contribution is -0.118. The standard InChI is InChI=1S/C11H13Br2NO2/c1-2-9(15)4-3-5-14-7-8(12)6-10(13)11(14)16/h6-7H,2-5H2,1H3. The number of nitrogens with zero attached hydrogens (tertiary/aromatic N) is 1. The fraction of sp³-hybridized carbons (Fsp3) is 0.455. The van der Waals surface area contributed by atoms with E-state index in [0.717, 1.165) is 4.47 Å². The molecule has 0 spiro atoms. The summed E-state index contributed by atoms with van der Waals surface area (Å²) < 4.78 is 2.99. The van der Waals surface area contributed by atoms with Gasteiger partial charge in [-0.25, -0.2) is 0 Å². The Hall–Kier alpha value is -0.420. The van der Waals surface area contributed by atoms with E-state index in [9.17, 15) is 9.59 Å². The molecule has 5 heteroatoms. The van der Waals surface area contributed by atoms with Gasteiger partial charge in [0.2, 0.25) is 0 Å². The normalized spacial score (nSPS) is 10.4. The van der Waals surface area contributed by atoms with E-state index in [2.05, 4.69) is 31.9 Å². The van der Waals surface area contributed by atoms with Crippen molar-refractivity contribution in [2.24, 2.45) is 0 Å². The lowest BCUT2D eigenvalue weighted by Gasteiger charge is -2.06. The van der Waals surface area contributed by atoms with Gasteiger partial charge in [0.1, 0.15) is 5.78 Å². The second kappa shape index (κ2) is 6.35. The molecule has 1 heterocycles. The van der Waals surface area contributed by atoms with Crippen LogP contribution >= 0.6 is 31.9 Å². The molecule has 0 fully saturated rings. The molecule has 0 aliphatic carbocycles. The summed E-state index contributed by atoms with van der Waals surface area (Å²) in [7, 11) is 0. The van der Waals surface area contributed by atoms with Crippen LogP contribution in [0, 0.1) is 0 Å². The molecule has 0 atom stereocenters. The summed E-state index contributed by atoms with van der Waals surface area (Å²) in [5.74, 6) is 0.238. The number of ketones is 1. The summed E-state index contributed by atoms with van der Waals surface area (Å²) in [6.07, 6.45) is 3.54. The molecule has 0 aliphatic rings. The third-order valence-corrected chi connectivity index (χ3v) is 3.26. The highest BCUT2D eigenvalue weighted by Crippen LogP contribution is 2.13. The van der Waals surface area contributed by atoms with Gasteiger partial charge < -0.3 is 4.57 Å². The SMILES string of the molecule is CCC(=O)CCCn1cc(Br)cc(Br)c1=O. The lowest BCUT2D eigenvalue weighted by Crippen LogP contribution is -2.20. The molecule has 0 bridgehead atoms. The van der Waals surface area contributed by atoms with Crippen molar-refractivity contribution in [3.05, 3.63) is 31.6 Å². The Balaban J connectivity index is 2.67. The molecule has 1 aromatic heterocycles. The van der Waals surface area contributed by atoms with E-state index in [1.165, 1.54) is 0 Å². The fourth-order valence-corrected chi connectivity index (χ4v) is 2.61. The zero-order chi connectivity index (χ0) is 12.1. The van der Waals surface area contributed by atoms with Crippen LogP contribution in [0.2, 0.25) is 0 Å². The molecule has 0 aliphatic heterocycles. The first-order valence-corrected chi connectivity index (χ1v) is 6.70. The maximum Gasteiger partial charge on any atom is 0.264 e. The Labute approximate surface area is 111 Å². The van der Waals surface area contributed by atoms with Gasteiger partial charge in [0.15, 0.2) is 0 Å². The summed E-state index contributed by atoms with van der Waals surface area (Å²) in [4.78, 5) is 22.8. The highest BCUT2D eigenvalue weighted by Gasteiger charge is 2.04. The maximum absolute atomic E-state index is 11.7. The number of aromatic nitrogens is 1. The number of rotatable bonds is 5. The second-order valence-corrected chi connectivity index (χ2v) is 5.27. The van der Waals surface area contributed by atoms with Crippen molar-refractivity contribution >= 4 is 37.6 Å². The smallest absolute Gasteiger partial charge is 0.264 e. The van der Waals surface area contributed by atoms with Crippen molar-refractivity contribution in [3.8, 4) is 0 Å². The van der Waals surface area contributed by atoms with Crippen molar-refractivity contribution in [1.82, 2.24) is 4.57 Å². The highest BCUT2D eigenvalue weighted by atomic mass is 79.9. The summed E-state index contributed by atoms with van der Waals surface area (Å²) in [5.41, 5.74) is -0.0628. The minimum absolute atomic E-state index is 0.0628. The largest absolute Gasteiger partial charge is 0.313 e. The van der Waals surface area contributed by atoms with Crippen LogP contribution in [0.4, 0.5) is 0 Å². The first kappa shape index (κ1) is 13.6. The van der Waals surface area contributed by atoms with Crippen molar-refractivity contribution in [2.45, 2.75) is 32.7 Å². The number of Topliss-reactive ketones (excluding diaryl/α,β-unsaturated/α-hetero) is 1. The van der Waals surface area contributed by atoms with E-state index in [4.69, 9.17) is 0 Å². The molecule has 1 rings (SSSR count). The van der Waals surface area contributed by atoms with Gasteiger partial charge in [-0.1, -0.05) is 6.92 Å². The van der Waals surface area contributed by atoms with Crippen LogP contribution in [-0.2, 0) is 11.3 Å². The number of aryl methyl sites for hydroxylation is 1. The summed E-state index contributed by atoms with van der Waals surface area (Å²) in [6.45, 7) is 2.42. The van der Waals surface area contributed by atoms with Gasteiger partial charge in [-0.05, 0) is 44.3 Å². The zero-order valence-corrected chi connectivity index (χ0v) is 12.2. The number of carbonyl (C=O) groups excluding carboxylic acids is 1. The van der Waals surface area contributed by atoms with Crippen LogP contribution in [0.5, 0.6) is 0 Å². The monoisotopic (exact) mass is 349 g/mol. The van der Waals surface area contributed by atoms with E-state index in [-0.39, 0.29) is 11.3 Å². The molecule has 88 valence electrons. The van der Waals surface area contributed by atoms with Gasteiger partial charge in [0.05, 0.1) is 4.47 Å². The molecule has 0 saturated carbocycles. The van der Waals surface area contributed by atoms with Crippen LogP contribution in [0.3, 0.4) is 0 Å². The Morgan fingerprint density at radius 1 is 1.44 bits per heavy atom. The van der Waals surface area contributed by atoms with Gasteiger partial charge in [0, 0.05) is 30.1 Å². The average Bonchev–Trinajstić information content (AvgIpc) is 2.24. The summed E-state index contributed by atoms with van der Waals surface area (Å²) >= 11 is 6.53. The molecule has 16 heavy (non-hydrogen) atoms. The molecule has 0 aromatic carbocycles. The minimum atomic E-state index is -0.0628. The first-order chi connectivity index (χ1) is 7.54. The molecule has 0 unspecified atom stereocenters. The van der Waals surface area contributed by atoms with E-state index in [0.29, 0.717) is 30.3 Å². The van der Waals surface area contributed by atoms with Gasteiger partial charge in [-0.2, -0.15) is 0 Å². The van der Waals surface area contributed by atoms with Crippen LogP contribution in [0.15, 0.2) is 26.0 Å². The predicted octanol–water partition coefficient (Wildman–Crippen LogP) is 3.13. The molecule has 0 N–H and O–H groups in total. The molecule has 0 radical (unpaired) electrons. The Morgan fingerprint density at radius 3 is 2.75 bits per heavy atom. The zero-order valence-electron chi connectivity index (χ0n) is 9.00. The van der Waals surface area contributed by atoms with Crippen molar-refractivity contribution in [3.63, 3.8) is 0 Å². The number of halogens is 2. The second-order valence-electron chi connectivity index (χ2n) is 3.50. The lowest BCUT2D eigenvalue weighted by atomic mass is 10.2. The van der Waals surface area contributed by atoms with Gasteiger partial charge in [0.25, 0.3) is 5.56 Å². The average molecular weight is 351 g/mol. The van der Waals surface area contributed by atoms with E-state index in [1.54, 1.807) is 16.8 Å². The van der Waals surface area contributed by atoms with Crippen molar-refractivity contribution in [2.75, 3.05) is 0 Å². The fourth-order valence-electron chi connectivity index (χ4n) is 1.35. The van der Waals surface area contributed by atoms with E-state index >= 15 is 0 Å². The van der Waals surface area contributed by atoms with E-state index in [1.807, 2.05) is 6.92 Å². The van der Waals surface area contributed by atoms with Gasteiger partial charge >= 0.3 is 0 Å². The Kier molecular flexibility index (Phi) is 5.41. The van der Waals surface area contributed by atoms with Crippen molar-refractivity contribution in [1.29, 1.82) is 0 Å². The number of pyridine rings is 1. The third kappa shape index (κ3) is 3.87. The predicted molar refractivity (Wildman–Crippen MR) is 70.6 cm³/mol. The maximum atomic E-state index is 11.7. The minimum Gasteiger partial charge on any atom is -0.313 e. The summed E-state index contributed by atoms with van der Waals surface area (Å²) in [5, 5.41) is 0. The molecule has 0 saturated heterocycles. The van der Waals surface area contributed by atoms with Gasteiger partial charge in [-0.3, -0.25) is 9.59 Å². The number of hydrogen-bond acceptors (Lipinski definition) is 2. The molecule has 0 amide bonds. The Bertz CT molecular complexity index is 440. The topological polar surface area (TPSA) is 39.1 Å². The quantitative estimate of drug-likeness (QED) is 0.818. The molecule has 1 aromatic rings. The van der Waals surface area contributed by atoms with Crippen LogP contribution in [-0.4, -0.2) is 10.4 Å². The summed E-state index contributed by atoms with van der Waals surface area (Å²) in [6, 6.07) is 1.72. The molecule has 3 nitrogen and oxygen atoms in total. The highest BCUT2D eigenvalue weighted by molar-refractivity contribution is 9.11. The van der Waals surface area contributed by atoms with Crippen LogP contribution < -0.4 is 5.56 Å². The number of carbonyl (C=O) groups is 1. The molecular weight excluding hydrogens is 338 g/mol. The third-order valence-electron chi connectivity index (χ3n) is 2.26. The van der Waals surface area contributed by atoms with Gasteiger partial charge in [-0.15, -0.1) is 0 Å². The molecular formula is C11H13Br2NO2. The first-order valence-electron chi connectivity index (χ1n) is 5.11. The van der Waals surface area contributed by atoms with Crippen LogP contribution in [0.25, 0.3) is 0 Å².